The molecule has 142 valence electrons. The van der Waals surface area contributed by atoms with Gasteiger partial charge < -0.3 is 9.47 Å². The molecule has 1 aliphatic rings. The Hall–Kier alpha value is -2.51. The molecule has 1 heterocycles. The van der Waals surface area contributed by atoms with Crippen molar-refractivity contribution in [2.45, 2.75) is 45.2 Å². The molecule has 1 aromatic carbocycles. The van der Waals surface area contributed by atoms with Gasteiger partial charge in [0.05, 0.1) is 12.1 Å². The molecule has 1 aromatic rings. The van der Waals surface area contributed by atoms with Crippen LogP contribution >= 0.6 is 0 Å². The molecule has 1 amide bonds. The van der Waals surface area contributed by atoms with Crippen LogP contribution in [-0.4, -0.2) is 41.3 Å². The summed E-state index contributed by atoms with van der Waals surface area (Å²) in [5, 5.41) is 0. The summed E-state index contributed by atoms with van der Waals surface area (Å²) in [5.74, 6) is -0.945. The summed E-state index contributed by atoms with van der Waals surface area (Å²) < 4.78 is 49.3. The van der Waals surface area contributed by atoms with Crippen molar-refractivity contribution in [1.82, 2.24) is 4.90 Å². The average molecular weight is 371 g/mol. The SMILES string of the molecule is CC(C)(C)OC(=O)N1CC(C(F)(F)F)=C[C@H]1C(=O)OCc1ccccc1. The Kier molecular flexibility index (Phi) is 5.63. The highest BCUT2D eigenvalue weighted by Gasteiger charge is 2.45. The summed E-state index contributed by atoms with van der Waals surface area (Å²) in [6.07, 6.45) is -4.94. The van der Waals surface area contributed by atoms with E-state index in [1.54, 1.807) is 51.1 Å². The lowest BCUT2D eigenvalue weighted by molar-refractivity contribution is -0.148. The van der Waals surface area contributed by atoms with Gasteiger partial charge in [-0.2, -0.15) is 13.2 Å². The van der Waals surface area contributed by atoms with Crippen LogP contribution in [0.5, 0.6) is 0 Å². The van der Waals surface area contributed by atoms with E-state index in [0.29, 0.717) is 11.6 Å². The lowest BCUT2D eigenvalue weighted by Crippen LogP contribution is -2.44. The molecule has 26 heavy (non-hydrogen) atoms. The maximum Gasteiger partial charge on any atom is 0.414 e. The molecule has 8 heteroatoms. The molecule has 2 rings (SSSR count). The Morgan fingerprint density at radius 3 is 2.31 bits per heavy atom. The van der Waals surface area contributed by atoms with Crippen molar-refractivity contribution in [3.8, 4) is 0 Å². The molecule has 1 atom stereocenters. The number of hydrogen-bond acceptors (Lipinski definition) is 4. The molecule has 1 aliphatic heterocycles. The smallest absolute Gasteiger partial charge is 0.414 e. The standard InChI is InChI=1S/C18H20F3NO4/c1-17(2,3)26-16(24)22-10-13(18(19,20)21)9-14(22)15(23)25-11-12-7-5-4-6-8-12/h4-9,14H,10-11H2,1-3H3/t14-/m0/s1. The lowest BCUT2D eigenvalue weighted by Gasteiger charge is -2.27. The zero-order chi connectivity index (χ0) is 19.5. The van der Waals surface area contributed by atoms with Crippen LogP contribution in [0.25, 0.3) is 0 Å². The first-order valence-corrected chi connectivity index (χ1v) is 7.95. The predicted octanol–water partition coefficient (Wildman–Crippen LogP) is 3.84. The Labute approximate surface area is 149 Å². The van der Waals surface area contributed by atoms with Crippen molar-refractivity contribution < 1.29 is 32.2 Å². The van der Waals surface area contributed by atoms with Crippen molar-refractivity contribution in [2.24, 2.45) is 0 Å². The number of alkyl halides is 3. The summed E-state index contributed by atoms with van der Waals surface area (Å²) >= 11 is 0. The Morgan fingerprint density at radius 2 is 1.77 bits per heavy atom. The van der Waals surface area contributed by atoms with Gasteiger partial charge in [0.1, 0.15) is 12.2 Å². The molecule has 0 bridgehead atoms. The molecule has 0 saturated carbocycles. The highest BCUT2D eigenvalue weighted by molar-refractivity contribution is 5.85. The second kappa shape index (κ2) is 7.39. The third kappa shape index (κ3) is 5.24. The number of benzene rings is 1. The number of carbonyl (C=O) groups is 2. The molecule has 0 saturated heterocycles. The van der Waals surface area contributed by atoms with Crippen molar-refractivity contribution in [2.75, 3.05) is 6.54 Å². The maximum atomic E-state index is 13.0. The van der Waals surface area contributed by atoms with Gasteiger partial charge in [0.15, 0.2) is 6.04 Å². The van der Waals surface area contributed by atoms with Crippen LogP contribution in [0.2, 0.25) is 0 Å². The molecular weight excluding hydrogens is 351 g/mol. The maximum absolute atomic E-state index is 13.0. The van der Waals surface area contributed by atoms with Crippen LogP contribution in [0, 0.1) is 0 Å². The zero-order valence-electron chi connectivity index (χ0n) is 14.7. The number of amides is 1. The second-order valence-corrected chi connectivity index (χ2v) is 6.84. The van der Waals surface area contributed by atoms with E-state index in [0.717, 1.165) is 4.90 Å². The van der Waals surface area contributed by atoms with E-state index in [9.17, 15) is 22.8 Å². The molecule has 0 spiro atoms. The largest absolute Gasteiger partial charge is 0.459 e. The first-order valence-electron chi connectivity index (χ1n) is 7.95. The van der Waals surface area contributed by atoms with Crippen LogP contribution in [0.4, 0.5) is 18.0 Å². The first-order chi connectivity index (χ1) is 12.0. The third-order valence-corrected chi connectivity index (χ3v) is 3.49. The van der Waals surface area contributed by atoms with Gasteiger partial charge in [0.2, 0.25) is 0 Å². The van der Waals surface area contributed by atoms with Crippen molar-refractivity contribution in [3.63, 3.8) is 0 Å². The molecule has 0 fully saturated rings. The van der Waals surface area contributed by atoms with Crippen LogP contribution in [0.15, 0.2) is 42.0 Å². The highest BCUT2D eigenvalue weighted by Crippen LogP contribution is 2.33. The van der Waals surface area contributed by atoms with Crippen LogP contribution in [0.1, 0.15) is 26.3 Å². The van der Waals surface area contributed by atoms with Crippen LogP contribution in [-0.2, 0) is 20.9 Å². The number of carbonyl (C=O) groups excluding carboxylic acids is 2. The minimum Gasteiger partial charge on any atom is -0.459 e. The second-order valence-electron chi connectivity index (χ2n) is 6.84. The van der Waals surface area contributed by atoms with Crippen molar-refractivity contribution in [3.05, 3.63) is 47.5 Å². The van der Waals surface area contributed by atoms with Gasteiger partial charge in [-0.05, 0) is 32.4 Å². The number of hydrogen-bond donors (Lipinski definition) is 0. The molecule has 0 unspecified atom stereocenters. The van der Waals surface area contributed by atoms with Gasteiger partial charge in [-0.3, -0.25) is 4.90 Å². The van der Waals surface area contributed by atoms with E-state index in [2.05, 4.69) is 0 Å². The van der Waals surface area contributed by atoms with Crippen molar-refractivity contribution in [1.29, 1.82) is 0 Å². The van der Waals surface area contributed by atoms with Gasteiger partial charge in [-0.15, -0.1) is 0 Å². The minimum atomic E-state index is -4.64. The molecule has 0 radical (unpaired) electrons. The van der Waals surface area contributed by atoms with Gasteiger partial charge >= 0.3 is 18.2 Å². The summed E-state index contributed by atoms with van der Waals surface area (Å²) in [6.45, 7) is 3.89. The van der Waals surface area contributed by atoms with E-state index in [1.807, 2.05) is 0 Å². The Bertz CT molecular complexity index is 693. The van der Waals surface area contributed by atoms with Gasteiger partial charge in [0.25, 0.3) is 0 Å². The summed E-state index contributed by atoms with van der Waals surface area (Å²) in [4.78, 5) is 25.2. The number of halogens is 3. The number of rotatable bonds is 3. The van der Waals surface area contributed by atoms with Gasteiger partial charge in [-0.1, -0.05) is 30.3 Å². The van der Waals surface area contributed by atoms with E-state index >= 15 is 0 Å². The summed E-state index contributed by atoms with van der Waals surface area (Å²) in [5.41, 5.74) is -1.20. The number of ether oxygens (including phenoxy) is 2. The third-order valence-electron chi connectivity index (χ3n) is 3.49. The quantitative estimate of drug-likeness (QED) is 0.598. The normalized spacial score (nSPS) is 17.7. The van der Waals surface area contributed by atoms with Gasteiger partial charge in [0, 0.05) is 0 Å². The zero-order valence-corrected chi connectivity index (χ0v) is 14.7. The Balaban J connectivity index is 2.14. The van der Waals surface area contributed by atoms with Crippen molar-refractivity contribution >= 4 is 12.1 Å². The number of nitrogens with zero attached hydrogens (tertiary/aromatic N) is 1. The molecule has 0 aromatic heterocycles. The fourth-order valence-corrected chi connectivity index (χ4v) is 2.31. The van der Waals surface area contributed by atoms with E-state index in [-0.39, 0.29) is 6.61 Å². The predicted molar refractivity (Wildman–Crippen MR) is 87.1 cm³/mol. The fraction of sp³-hybridized carbons (Fsp3) is 0.444. The molecule has 0 aliphatic carbocycles. The number of esters is 1. The minimum absolute atomic E-state index is 0.104. The van der Waals surface area contributed by atoms with Gasteiger partial charge in [-0.25, -0.2) is 9.59 Å². The molecule has 5 nitrogen and oxygen atoms in total. The monoisotopic (exact) mass is 371 g/mol. The van der Waals surface area contributed by atoms with E-state index in [1.165, 1.54) is 0 Å². The van der Waals surface area contributed by atoms with E-state index in [4.69, 9.17) is 9.47 Å². The molecular formula is C18H20F3NO4. The van der Waals surface area contributed by atoms with Crippen LogP contribution < -0.4 is 0 Å². The van der Waals surface area contributed by atoms with E-state index < -0.39 is 42.0 Å². The molecule has 0 N–H and O–H groups in total. The van der Waals surface area contributed by atoms with Crippen LogP contribution in [0.3, 0.4) is 0 Å². The summed E-state index contributed by atoms with van der Waals surface area (Å²) in [6, 6.07) is 7.21. The first kappa shape index (κ1) is 19.8. The highest BCUT2D eigenvalue weighted by atomic mass is 19.4. The summed E-state index contributed by atoms with van der Waals surface area (Å²) in [7, 11) is 0. The lowest BCUT2D eigenvalue weighted by atomic mass is 10.2. The average Bonchev–Trinajstić information content (AvgIpc) is 2.98. The fourth-order valence-electron chi connectivity index (χ4n) is 2.31. The Morgan fingerprint density at radius 1 is 1.15 bits per heavy atom. The topological polar surface area (TPSA) is 55.8 Å².